The van der Waals surface area contributed by atoms with Crippen molar-refractivity contribution in [1.82, 2.24) is 14.9 Å². The Balaban J connectivity index is 3.05. The van der Waals surface area contributed by atoms with Crippen molar-refractivity contribution in [2.75, 3.05) is 27.7 Å². The van der Waals surface area contributed by atoms with E-state index in [2.05, 4.69) is 10.0 Å². The Morgan fingerprint density at radius 1 is 1.24 bits per heavy atom. The molecule has 2 N–H and O–H groups in total. The average Bonchev–Trinajstić information content (AvgIpc) is 2.38. The molecule has 0 aliphatic carbocycles. The summed E-state index contributed by atoms with van der Waals surface area (Å²) in [6.07, 6.45) is 0. The van der Waals surface area contributed by atoms with Crippen molar-refractivity contribution in [2.45, 2.75) is 24.4 Å². The number of halogens is 2. The van der Waals surface area contributed by atoms with Gasteiger partial charge in [-0.15, -0.1) is 0 Å². The summed E-state index contributed by atoms with van der Waals surface area (Å²) in [7, 11) is 1.86. The number of nitrogens with zero attached hydrogens (tertiary/aromatic N) is 1. The van der Waals surface area contributed by atoms with Crippen molar-refractivity contribution in [2.24, 2.45) is 0 Å². The average molecular weight is 354 g/mol. The number of hydrogen-bond donors (Lipinski definition) is 2. The monoisotopic (exact) mass is 353 g/mol. The van der Waals surface area contributed by atoms with Crippen molar-refractivity contribution < 1.29 is 8.42 Å². The lowest BCUT2D eigenvalue weighted by Gasteiger charge is -2.20. The lowest BCUT2D eigenvalue weighted by atomic mass is 10.2. The first kappa shape index (κ1) is 18.7. The zero-order valence-electron chi connectivity index (χ0n) is 12.6. The Morgan fingerprint density at radius 3 is 2.38 bits per heavy atom. The summed E-state index contributed by atoms with van der Waals surface area (Å²) in [6.45, 7) is 2.70. The number of rotatable bonds is 7. The second-order valence-corrected chi connectivity index (χ2v) is 7.62. The summed E-state index contributed by atoms with van der Waals surface area (Å²) >= 11 is 12.1. The first-order valence-corrected chi connectivity index (χ1v) is 8.71. The van der Waals surface area contributed by atoms with Crippen LogP contribution in [0.1, 0.15) is 12.5 Å². The highest BCUT2D eigenvalue weighted by atomic mass is 35.5. The van der Waals surface area contributed by atoms with Crippen molar-refractivity contribution in [3.05, 3.63) is 27.7 Å². The Kier molecular flexibility index (Phi) is 6.90. The van der Waals surface area contributed by atoms with Crippen LogP contribution in [0.4, 0.5) is 0 Å². The van der Waals surface area contributed by atoms with E-state index >= 15 is 0 Å². The summed E-state index contributed by atoms with van der Waals surface area (Å²) in [5.41, 5.74) is 0.685. The number of benzene rings is 1. The predicted octanol–water partition coefficient (Wildman–Crippen LogP) is 1.94. The fraction of sp³-hybridized carbons (Fsp3) is 0.538. The number of hydrogen-bond acceptors (Lipinski definition) is 4. The molecule has 0 bridgehead atoms. The summed E-state index contributed by atoms with van der Waals surface area (Å²) in [4.78, 5) is 1.98. The number of nitrogens with one attached hydrogen (secondary N) is 2. The highest BCUT2D eigenvalue weighted by Gasteiger charge is 2.21. The van der Waals surface area contributed by atoms with Gasteiger partial charge in [0, 0.05) is 24.2 Å². The molecule has 0 spiro atoms. The molecule has 0 fully saturated rings. The van der Waals surface area contributed by atoms with E-state index < -0.39 is 10.0 Å². The van der Waals surface area contributed by atoms with Crippen molar-refractivity contribution in [3.8, 4) is 0 Å². The van der Waals surface area contributed by atoms with Crippen molar-refractivity contribution in [3.63, 3.8) is 0 Å². The van der Waals surface area contributed by atoms with Gasteiger partial charge in [-0.05, 0) is 45.8 Å². The molecule has 5 nitrogen and oxygen atoms in total. The summed E-state index contributed by atoms with van der Waals surface area (Å²) in [5, 5.41) is 3.49. The molecule has 1 atom stereocenters. The molecular formula is C13H21Cl2N3O2S. The first-order valence-electron chi connectivity index (χ1n) is 6.47. The third kappa shape index (κ3) is 5.09. The molecule has 1 aromatic carbocycles. The second-order valence-electron chi connectivity index (χ2n) is 5.07. The third-order valence-electron chi connectivity index (χ3n) is 3.21. The Bertz CT molecular complexity index is 591. The molecule has 0 radical (unpaired) electrons. The van der Waals surface area contributed by atoms with Gasteiger partial charge < -0.3 is 10.2 Å². The van der Waals surface area contributed by atoms with E-state index in [9.17, 15) is 8.42 Å². The topological polar surface area (TPSA) is 61.4 Å². The van der Waals surface area contributed by atoms with Gasteiger partial charge in [-0.1, -0.05) is 23.2 Å². The standard InChI is InChI=1S/C13H21Cl2N3O2S/c1-9(18(3)4)7-17-21(19,20)13-5-10(8-16-2)11(14)6-12(13)15/h5-6,9,16-17H,7-8H2,1-4H3. The van der Waals surface area contributed by atoms with Crippen LogP contribution in [0.15, 0.2) is 17.0 Å². The molecule has 0 saturated heterocycles. The Morgan fingerprint density at radius 2 is 1.86 bits per heavy atom. The van der Waals surface area contributed by atoms with Gasteiger partial charge in [0.2, 0.25) is 10.0 Å². The molecular weight excluding hydrogens is 333 g/mol. The van der Waals surface area contributed by atoms with Crippen LogP contribution in [0.5, 0.6) is 0 Å². The van der Waals surface area contributed by atoms with Gasteiger partial charge in [0.15, 0.2) is 0 Å². The number of likely N-dealkylation sites (N-methyl/N-ethyl adjacent to an activating group) is 1. The molecule has 1 aromatic rings. The zero-order chi connectivity index (χ0) is 16.2. The van der Waals surface area contributed by atoms with Crippen LogP contribution in [0.3, 0.4) is 0 Å². The molecule has 120 valence electrons. The van der Waals surface area contributed by atoms with Gasteiger partial charge in [0.1, 0.15) is 4.90 Å². The van der Waals surface area contributed by atoms with Crippen LogP contribution in [-0.4, -0.2) is 47.0 Å². The molecule has 0 aromatic heterocycles. The summed E-state index contributed by atoms with van der Waals surface area (Å²) in [5.74, 6) is 0. The van der Waals surface area contributed by atoms with E-state index in [4.69, 9.17) is 23.2 Å². The fourth-order valence-electron chi connectivity index (χ4n) is 1.59. The third-order valence-corrected chi connectivity index (χ3v) is 5.45. The molecule has 0 aliphatic rings. The van der Waals surface area contributed by atoms with E-state index in [1.165, 1.54) is 12.1 Å². The van der Waals surface area contributed by atoms with Gasteiger partial charge in [-0.25, -0.2) is 13.1 Å². The maximum absolute atomic E-state index is 12.4. The van der Waals surface area contributed by atoms with E-state index in [1.54, 1.807) is 7.05 Å². The second kappa shape index (κ2) is 7.76. The zero-order valence-corrected chi connectivity index (χ0v) is 14.9. The molecule has 0 amide bonds. The van der Waals surface area contributed by atoms with Crippen LogP contribution < -0.4 is 10.0 Å². The van der Waals surface area contributed by atoms with E-state index in [0.29, 0.717) is 23.7 Å². The molecule has 0 heterocycles. The molecule has 8 heteroatoms. The summed E-state index contributed by atoms with van der Waals surface area (Å²) in [6, 6.07) is 3.03. The quantitative estimate of drug-likeness (QED) is 0.786. The SMILES string of the molecule is CNCc1cc(S(=O)(=O)NCC(C)N(C)C)c(Cl)cc1Cl. The minimum Gasteiger partial charge on any atom is -0.316 e. The maximum atomic E-state index is 12.4. The highest BCUT2D eigenvalue weighted by molar-refractivity contribution is 7.89. The first-order chi connectivity index (χ1) is 9.69. The van der Waals surface area contributed by atoms with Gasteiger partial charge in [-0.3, -0.25) is 0 Å². The van der Waals surface area contributed by atoms with Crippen LogP contribution >= 0.6 is 23.2 Å². The van der Waals surface area contributed by atoms with Crippen molar-refractivity contribution in [1.29, 1.82) is 0 Å². The largest absolute Gasteiger partial charge is 0.316 e. The normalized spacial score (nSPS) is 13.7. The molecule has 1 unspecified atom stereocenters. The Labute approximate surface area is 136 Å². The molecule has 0 aliphatic heterocycles. The van der Waals surface area contributed by atoms with Gasteiger partial charge in [-0.2, -0.15) is 0 Å². The van der Waals surface area contributed by atoms with Gasteiger partial charge >= 0.3 is 0 Å². The smallest absolute Gasteiger partial charge is 0.242 e. The predicted molar refractivity (Wildman–Crippen MR) is 87.6 cm³/mol. The maximum Gasteiger partial charge on any atom is 0.242 e. The molecule has 21 heavy (non-hydrogen) atoms. The fourth-order valence-corrected chi connectivity index (χ4v) is 3.58. The van der Waals surface area contributed by atoms with Crippen LogP contribution in [0, 0.1) is 0 Å². The Hall–Kier alpha value is -0.370. The van der Waals surface area contributed by atoms with Gasteiger partial charge in [0.25, 0.3) is 0 Å². The van der Waals surface area contributed by atoms with E-state index in [-0.39, 0.29) is 16.0 Å². The van der Waals surface area contributed by atoms with Crippen LogP contribution in [0.2, 0.25) is 10.0 Å². The lowest BCUT2D eigenvalue weighted by Crippen LogP contribution is -2.38. The highest BCUT2D eigenvalue weighted by Crippen LogP contribution is 2.28. The van der Waals surface area contributed by atoms with Crippen LogP contribution in [-0.2, 0) is 16.6 Å². The molecule has 0 saturated carbocycles. The van der Waals surface area contributed by atoms with Crippen LogP contribution in [0.25, 0.3) is 0 Å². The number of sulfonamides is 1. The van der Waals surface area contributed by atoms with E-state index in [1.807, 2.05) is 25.9 Å². The molecule has 1 rings (SSSR count). The van der Waals surface area contributed by atoms with E-state index in [0.717, 1.165) is 0 Å². The lowest BCUT2D eigenvalue weighted by molar-refractivity contribution is 0.314. The summed E-state index contributed by atoms with van der Waals surface area (Å²) < 4.78 is 27.3. The minimum atomic E-state index is -3.67. The van der Waals surface area contributed by atoms with Crippen molar-refractivity contribution >= 4 is 33.2 Å². The minimum absolute atomic E-state index is 0.0461. The van der Waals surface area contributed by atoms with Gasteiger partial charge in [0.05, 0.1) is 5.02 Å².